The van der Waals surface area contributed by atoms with Crippen LogP contribution in [0, 0.1) is 0 Å². The van der Waals surface area contributed by atoms with Crippen LogP contribution in [0.15, 0.2) is 54.7 Å². The summed E-state index contributed by atoms with van der Waals surface area (Å²) in [6.07, 6.45) is 6.20. The molecule has 0 atom stereocenters. The summed E-state index contributed by atoms with van der Waals surface area (Å²) in [5.41, 5.74) is 7.84. The SMILES string of the molecule is c1ccc2c(c1)[nH]c1c3cnc(c12)CCc1ccc(cc1)CC3. The van der Waals surface area contributed by atoms with Gasteiger partial charge in [-0.2, -0.15) is 0 Å². The van der Waals surface area contributed by atoms with Gasteiger partial charge >= 0.3 is 0 Å². The number of hydrogen-bond acceptors (Lipinski definition) is 1. The first kappa shape index (κ1) is 12.9. The highest BCUT2D eigenvalue weighted by Crippen LogP contribution is 2.31. The monoisotopic (exact) mass is 298 g/mol. The number of aryl methyl sites for hydroxylation is 4. The largest absolute Gasteiger partial charge is 0.354 e. The van der Waals surface area contributed by atoms with Gasteiger partial charge in [-0.25, -0.2) is 0 Å². The summed E-state index contributed by atoms with van der Waals surface area (Å²) < 4.78 is 0. The van der Waals surface area contributed by atoms with E-state index in [0.29, 0.717) is 0 Å². The lowest BCUT2D eigenvalue weighted by atomic mass is 9.97. The molecule has 4 aliphatic rings. The summed E-state index contributed by atoms with van der Waals surface area (Å²) in [5, 5.41) is 2.63. The normalized spacial score (nSPS) is 14.3. The predicted molar refractivity (Wildman–Crippen MR) is 94.9 cm³/mol. The second-order valence-corrected chi connectivity index (χ2v) is 6.47. The number of fused-ring (bicyclic) bond motifs is 1. The topological polar surface area (TPSA) is 28.7 Å². The maximum absolute atomic E-state index is 4.84. The van der Waals surface area contributed by atoms with Gasteiger partial charge in [-0.3, -0.25) is 4.98 Å². The van der Waals surface area contributed by atoms with Gasteiger partial charge in [-0.1, -0.05) is 42.5 Å². The van der Waals surface area contributed by atoms with Crippen LogP contribution in [-0.2, 0) is 25.7 Å². The molecule has 23 heavy (non-hydrogen) atoms. The van der Waals surface area contributed by atoms with E-state index >= 15 is 0 Å². The quantitative estimate of drug-likeness (QED) is 0.505. The van der Waals surface area contributed by atoms with Crippen LogP contribution in [0.4, 0.5) is 0 Å². The van der Waals surface area contributed by atoms with Crippen molar-refractivity contribution in [3.8, 4) is 0 Å². The van der Waals surface area contributed by atoms with Gasteiger partial charge in [0.05, 0.1) is 11.2 Å². The van der Waals surface area contributed by atoms with Gasteiger partial charge in [0.2, 0.25) is 0 Å². The Bertz CT molecular complexity index is 1010. The average Bonchev–Trinajstić information content (AvgIpc) is 2.97. The number of pyridine rings is 1. The summed E-state index contributed by atoms with van der Waals surface area (Å²) in [4.78, 5) is 8.48. The molecule has 2 heteroatoms. The number of benzene rings is 2. The molecular formula is C21H18N2. The predicted octanol–water partition coefficient (Wildman–Crippen LogP) is 4.60. The van der Waals surface area contributed by atoms with Gasteiger partial charge in [0.15, 0.2) is 0 Å². The van der Waals surface area contributed by atoms with Crippen molar-refractivity contribution in [2.24, 2.45) is 0 Å². The molecule has 4 bridgehead atoms. The lowest BCUT2D eigenvalue weighted by Crippen LogP contribution is -2.01. The minimum atomic E-state index is 0.984. The molecule has 2 aromatic carbocycles. The van der Waals surface area contributed by atoms with Crippen LogP contribution in [0.2, 0.25) is 0 Å². The van der Waals surface area contributed by atoms with E-state index in [1.165, 1.54) is 44.2 Å². The highest BCUT2D eigenvalue weighted by Gasteiger charge is 2.14. The third-order valence-electron chi connectivity index (χ3n) is 5.05. The Morgan fingerprint density at radius 1 is 0.783 bits per heavy atom. The fraction of sp³-hybridized carbons (Fsp3) is 0.190. The van der Waals surface area contributed by atoms with Gasteiger partial charge in [-0.05, 0) is 48.4 Å². The second-order valence-electron chi connectivity index (χ2n) is 6.47. The number of hydrogen-bond donors (Lipinski definition) is 1. The Labute approximate surface area is 135 Å². The Morgan fingerprint density at radius 2 is 1.52 bits per heavy atom. The molecule has 0 radical (unpaired) electrons. The zero-order valence-electron chi connectivity index (χ0n) is 13.0. The lowest BCUT2D eigenvalue weighted by Gasteiger charge is -2.11. The van der Waals surface area contributed by atoms with E-state index in [9.17, 15) is 0 Å². The Morgan fingerprint density at radius 3 is 2.35 bits per heavy atom. The van der Waals surface area contributed by atoms with Gasteiger partial charge in [0.1, 0.15) is 0 Å². The van der Waals surface area contributed by atoms with E-state index in [1.54, 1.807) is 0 Å². The van der Waals surface area contributed by atoms with E-state index in [1.807, 2.05) is 0 Å². The fourth-order valence-electron chi connectivity index (χ4n) is 3.76. The van der Waals surface area contributed by atoms with Crippen molar-refractivity contribution in [3.05, 3.63) is 77.1 Å². The molecule has 8 rings (SSSR count). The van der Waals surface area contributed by atoms with Crippen LogP contribution in [0.25, 0.3) is 21.8 Å². The zero-order valence-corrected chi connectivity index (χ0v) is 13.0. The maximum atomic E-state index is 4.84. The molecule has 2 aromatic heterocycles. The van der Waals surface area contributed by atoms with Crippen LogP contribution >= 0.6 is 0 Å². The van der Waals surface area contributed by atoms with Gasteiger partial charge in [-0.15, -0.1) is 0 Å². The number of para-hydroxylation sites is 1. The van der Waals surface area contributed by atoms with Crippen molar-refractivity contribution < 1.29 is 0 Å². The summed E-state index contributed by atoms with van der Waals surface area (Å²) in [5.74, 6) is 0. The second kappa shape index (κ2) is 4.95. The number of H-pyrrole nitrogens is 1. The molecule has 0 unspecified atom stereocenters. The zero-order chi connectivity index (χ0) is 15.2. The Balaban J connectivity index is 1.79. The standard InChI is InChI=1S/C21H18N2/c1-2-4-18-17(3-1)20-19-12-10-15-7-5-14(6-8-15)9-11-16(13-22-19)21(20)23-18/h1-8,13,23H,9-12H2. The smallest absolute Gasteiger partial charge is 0.0531 e. The number of rotatable bonds is 0. The maximum Gasteiger partial charge on any atom is 0.0531 e. The van der Waals surface area contributed by atoms with Crippen molar-refractivity contribution in [1.82, 2.24) is 9.97 Å². The minimum Gasteiger partial charge on any atom is -0.354 e. The third kappa shape index (κ3) is 2.06. The highest BCUT2D eigenvalue weighted by molar-refractivity contribution is 6.09. The molecular weight excluding hydrogens is 280 g/mol. The molecule has 0 spiro atoms. The molecule has 2 aliphatic heterocycles. The summed E-state index contributed by atoms with van der Waals surface area (Å²) in [7, 11) is 0. The number of nitrogens with zero attached hydrogens (tertiary/aromatic N) is 1. The van der Waals surface area contributed by atoms with E-state index in [0.717, 1.165) is 25.7 Å². The molecule has 4 heterocycles. The van der Waals surface area contributed by atoms with Crippen molar-refractivity contribution in [2.75, 3.05) is 0 Å². The summed E-state index contributed by atoms with van der Waals surface area (Å²) >= 11 is 0. The van der Waals surface area contributed by atoms with Crippen molar-refractivity contribution in [3.63, 3.8) is 0 Å². The van der Waals surface area contributed by atoms with Crippen molar-refractivity contribution in [2.45, 2.75) is 25.7 Å². The first-order valence-corrected chi connectivity index (χ1v) is 8.33. The molecule has 0 fully saturated rings. The molecule has 4 aromatic rings. The summed E-state index contributed by atoms with van der Waals surface area (Å²) in [6, 6.07) is 17.7. The fourth-order valence-corrected chi connectivity index (χ4v) is 3.76. The highest BCUT2D eigenvalue weighted by atomic mass is 14.8. The van der Waals surface area contributed by atoms with E-state index in [4.69, 9.17) is 4.98 Å². The lowest BCUT2D eigenvalue weighted by molar-refractivity contribution is 0.896. The van der Waals surface area contributed by atoms with Crippen molar-refractivity contribution in [1.29, 1.82) is 0 Å². The van der Waals surface area contributed by atoms with E-state index < -0.39 is 0 Å². The Kier molecular flexibility index (Phi) is 2.77. The Hall–Kier alpha value is -2.61. The molecule has 2 aliphatic carbocycles. The van der Waals surface area contributed by atoms with Crippen LogP contribution in [0.5, 0.6) is 0 Å². The van der Waals surface area contributed by atoms with Gasteiger partial charge in [0.25, 0.3) is 0 Å². The van der Waals surface area contributed by atoms with Crippen LogP contribution < -0.4 is 0 Å². The molecule has 0 saturated heterocycles. The van der Waals surface area contributed by atoms with Crippen LogP contribution in [0.3, 0.4) is 0 Å². The van der Waals surface area contributed by atoms with Gasteiger partial charge < -0.3 is 4.98 Å². The number of aromatic nitrogens is 2. The molecule has 0 amide bonds. The molecule has 0 saturated carbocycles. The van der Waals surface area contributed by atoms with Crippen LogP contribution in [0.1, 0.15) is 22.4 Å². The first-order chi connectivity index (χ1) is 11.4. The molecule has 2 nitrogen and oxygen atoms in total. The average molecular weight is 298 g/mol. The van der Waals surface area contributed by atoms with Gasteiger partial charge in [0, 0.05) is 22.5 Å². The number of aromatic amines is 1. The molecule has 1 N–H and O–H groups in total. The minimum absolute atomic E-state index is 0.984. The summed E-state index contributed by atoms with van der Waals surface area (Å²) in [6.45, 7) is 0. The van der Waals surface area contributed by atoms with Crippen molar-refractivity contribution >= 4 is 21.8 Å². The van der Waals surface area contributed by atoms with E-state index in [-0.39, 0.29) is 0 Å². The van der Waals surface area contributed by atoms with Crippen LogP contribution in [-0.4, -0.2) is 9.97 Å². The number of nitrogens with one attached hydrogen (secondary N) is 1. The first-order valence-electron chi connectivity index (χ1n) is 8.33. The van der Waals surface area contributed by atoms with E-state index in [2.05, 4.69) is 59.7 Å². The third-order valence-corrected chi connectivity index (χ3v) is 5.05. The molecule has 112 valence electrons.